The molecule has 8 bridgehead atoms. The molecule has 8 aromatic carbocycles. The molecule has 124 heavy (non-hydrogen) atoms. The lowest BCUT2D eigenvalue weighted by Crippen LogP contribution is -2.93. The second-order valence-electron chi connectivity index (χ2n) is 33.2. The lowest BCUT2D eigenvalue weighted by molar-refractivity contribution is -0.129. The molecule has 6 saturated heterocycles. The monoisotopic (exact) mass is 1980 g/mol. The molecule has 6 heterocycles. The molecule has 52 heteroatoms. The van der Waals surface area contributed by atoms with Crippen LogP contribution in [0.5, 0.6) is 0 Å². The highest BCUT2D eigenvalue weighted by Gasteiger charge is 2.93. The van der Waals surface area contributed by atoms with Gasteiger partial charge in [-0.1, -0.05) is 97.1 Å². The van der Waals surface area contributed by atoms with Crippen LogP contribution in [-0.2, 0) is 82.3 Å². The lowest BCUT2D eigenvalue weighted by Gasteiger charge is -2.61. The molecule has 36 nitrogen and oxygen atoms in total. The number of rotatable bonds is 32. The number of carboxylic acids is 8. The maximum Gasteiger partial charge on any atom is 0.651 e. The van der Waals surface area contributed by atoms with E-state index in [1.807, 2.05) is 0 Å². The summed E-state index contributed by atoms with van der Waals surface area (Å²) in [6.45, 7) is 26.3. The van der Waals surface area contributed by atoms with Crippen LogP contribution in [0.2, 0.25) is 105 Å². The molecule has 0 aliphatic carbocycles. The van der Waals surface area contributed by atoms with Gasteiger partial charge < -0.3 is 123 Å². The van der Waals surface area contributed by atoms with Crippen LogP contribution in [0.1, 0.15) is 82.9 Å². The molecule has 0 radical (unpaired) electrons. The van der Waals surface area contributed by atoms with Crippen molar-refractivity contribution in [2.24, 2.45) is 0 Å². The van der Waals surface area contributed by atoms with E-state index < -0.39 is 187 Å². The van der Waals surface area contributed by atoms with Crippen molar-refractivity contribution in [2.75, 3.05) is 0 Å². The topological polar surface area (TPSA) is 483 Å². The van der Waals surface area contributed by atoms with Gasteiger partial charge in [-0.05, 0) is 243 Å². The third-order valence-electron chi connectivity index (χ3n) is 20.7. The number of aromatic carboxylic acids is 8. The molecule has 14 rings (SSSR count). The van der Waals surface area contributed by atoms with Gasteiger partial charge >= 0.3 is 120 Å². The minimum Gasteiger partial charge on any atom is -0.478 e. The van der Waals surface area contributed by atoms with Gasteiger partial charge in [0.1, 0.15) is 0 Å². The second kappa shape index (κ2) is 33.4. The van der Waals surface area contributed by atoms with Crippen molar-refractivity contribution in [3.8, 4) is 0 Å². The summed E-state index contributed by atoms with van der Waals surface area (Å²) in [4.78, 5) is 102. The largest absolute Gasteiger partial charge is 0.651 e. The van der Waals surface area contributed by atoms with Crippen LogP contribution in [0.15, 0.2) is 194 Å². The standard InChI is InChI=1S/C72H88O36Si16/c1-109(2,57-33-17-49(18-34-57)65(73)74)89-117-97-118(90-110(3,4)58-35-19-50(20-36-58)66(75)76)100-121(93-113(9,10)61-41-25-53(26-42-61)69(81)82)102-119(98-117,91-111(5,6)59-37-21-51(22-38-59)67(77)78)104-123(95-115(13,14)63-45-29-55(30-46-63)71(85)86)105-120(99-117,92-112(7,8)60-39-23-52(24-40-60)68(79)80)103-122(101-118,94-114(11,12)62-43-27-54(28-44-62)70(83)84)107-124(106-121,108-123)96-116(15,16)64-47-31-56(32-48-64)72(87)88/h17-48H,1-16H3,(H,73,74)(H,75,76)(H,77,78)(H,79,80)(H,81,82)(H,83,84)(H,85,86)(H,87,88). The lowest BCUT2D eigenvalue weighted by atomic mass is 10.2. The molecule has 0 aromatic heterocycles. The van der Waals surface area contributed by atoms with E-state index in [2.05, 4.69) is 0 Å². The summed E-state index contributed by atoms with van der Waals surface area (Å²) in [7, 11) is -85.9. The highest BCUT2D eigenvalue weighted by Crippen LogP contribution is 2.54. The molecule has 0 amide bonds. The Bertz CT molecular complexity index is 4420. The van der Waals surface area contributed by atoms with Gasteiger partial charge in [-0.15, -0.1) is 0 Å². The third-order valence-corrected chi connectivity index (χ3v) is 82.8. The van der Waals surface area contributed by atoms with E-state index in [1.54, 1.807) is 105 Å². The third kappa shape index (κ3) is 19.7. The first-order valence-corrected chi connectivity index (χ1v) is 74.5. The van der Waals surface area contributed by atoms with Gasteiger partial charge in [0.15, 0.2) is 0 Å². The first-order chi connectivity index (χ1) is 57.4. The van der Waals surface area contributed by atoms with Gasteiger partial charge in [0, 0.05) is 0 Å². The first-order valence-electron chi connectivity index (χ1n) is 38.2. The summed E-state index contributed by atoms with van der Waals surface area (Å²) in [5.41, 5.74) is -1.25. The molecular formula is C72H88O36Si16. The Morgan fingerprint density at radius 3 is 0.306 bits per heavy atom. The summed E-state index contributed by atoms with van der Waals surface area (Å²) < 4.78 is 160. The quantitative estimate of drug-likeness (QED) is 0.0213. The fraction of sp³-hybridized carbons (Fsp3) is 0.222. The SMILES string of the molecule is C[Si](C)(O[Si]12O[Si]3(O[Si](C)(C)c4ccc(C(=O)O)cc4)O[Si]4(O[Si](C)(C)c5ccc(C(=O)O)cc5)O[Si](O[Si](C)(C)c5ccc(C(=O)O)cc5)(O1)O[Si]1(O[Si](C)(C)c5ccc(C(=O)O)cc5)O[Si](O[Si](C)(C)c5ccc(C(=O)O)cc5)(O2)O[Si](O[Si](C)(C)c2ccc(C(=O)O)cc2)(O3)O[Si](O[Si](C)(C)c2ccc(C(=O)O)cc2)(O4)O1)c1ccc(C(=O)O)cc1. The Balaban J connectivity index is 1.24. The van der Waals surface area contributed by atoms with Crippen molar-refractivity contribution in [1.82, 2.24) is 0 Å². The summed E-state index contributed by atoms with van der Waals surface area (Å²) in [6, 6.07) is 44.7. The van der Waals surface area contributed by atoms with E-state index in [-0.39, 0.29) is 86.0 Å². The number of hydrogen-bond donors (Lipinski definition) is 8. The molecule has 656 valence electrons. The molecule has 6 aliphatic heterocycles. The minimum absolute atomic E-state index is 0.156. The molecule has 0 unspecified atom stereocenters. The van der Waals surface area contributed by atoms with Gasteiger partial charge in [0.25, 0.3) is 0 Å². The van der Waals surface area contributed by atoms with Gasteiger partial charge in [-0.25, -0.2) is 38.4 Å². The van der Waals surface area contributed by atoms with Crippen molar-refractivity contribution in [3.63, 3.8) is 0 Å². The van der Waals surface area contributed by atoms with Crippen molar-refractivity contribution in [1.29, 1.82) is 0 Å². The van der Waals surface area contributed by atoms with E-state index in [0.717, 1.165) is 0 Å². The van der Waals surface area contributed by atoms with Crippen LogP contribution in [-0.4, -0.2) is 228 Å². The van der Waals surface area contributed by atoms with Crippen molar-refractivity contribution >= 4 is 228 Å². The van der Waals surface area contributed by atoms with E-state index in [1.165, 1.54) is 194 Å². The highest BCUT2D eigenvalue weighted by molar-refractivity contribution is 7.08. The van der Waals surface area contributed by atoms with E-state index >= 15 is 0 Å². The summed E-state index contributed by atoms with van der Waals surface area (Å²) in [5.74, 6) is -10.4. The average Bonchev–Trinajstić information content (AvgIpc) is 0.673. The molecule has 0 atom stereocenters. The normalized spacial score (nSPS) is 24.8. The predicted octanol–water partition coefficient (Wildman–Crippen LogP) is 6.36. The Morgan fingerprint density at radius 1 is 0.169 bits per heavy atom. The minimum atomic E-state index is -6.45. The smallest absolute Gasteiger partial charge is 0.478 e. The Labute approximate surface area is 728 Å². The zero-order chi connectivity index (χ0) is 90.6. The van der Waals surface area contributed by atoms with Gasteiger partial charge in [0.05, 0.1) is 44.5 Å². The molecule has 8 N–H and O–H groups in total. The molecule has 8 aromatic rings. The fourth-order valence-corrected chi connectivity index (χ4v) is 86.1. The van der Waals surface area contributed by atoms with Crippen molar-refractivity contribution < 1.29 is 162 Å². The number of hydrogen-bond acceptors (Lipinski definition) is 28. The van der Waals surface area contributed by atoms with Crippen LogP contribution < -0.4 is 41.5 Å². The van der Waals surface area contributed by atoms with Crippen LogP contribution in [0.3, 0.4) is 0 Å². The average molecular weight is 1980 g/mol. The zero-order valence-corrected chi connectivity index (χ0v) is 85.5. The fourth-order valence-electron chi connectivity index (χ4n) is 13.9. The van der Waals surface area contributed by atoms with Crippen LogP contribution >= 0.6 is 0 Å². The summed E-state index contributed by atoms with van der Waals surface area (Å²) in [5, 5.41) is 85.6. The summed E-state index contributed by atoms with van der Waals surface area (Å²) >= 11 is 0. The van der Waals surface area contributed by atoms with E-state index in [0.29, 0.717) is 0 Å². The Morgan fingerprint density at radius 2 is 0.242 bits per heavy atom. The van der Waals surface area contributed by atoms with Crippen LogP contribution in [0.4, 0.5) is 0 Å². The number of benzene rings is 8. The number of carboxylic acid groups (broad SMARTS) is 8. The van der Waals surface area contributed by atoms with E-state index in [9.17, 15) is 79.2 Å². The van der Waals surface area contributed by atoms with Crippen LogP contribution in [0.25, 0.3) is 0 Å². The molecule has 0 saturated carbocycles. The van der Waals surface area contributed by atoms with Crippen molar-refractivity contribution in [2.45, 2.75) is 105 Å². The Hall–Kier alpha value is -7.81. The molecular weight excluding hydrogens is 1890 g/mol. The maximum absolute atomic E-state index is 12.8. The number of carbonyl (C=O) groups is 8. The highest BCUT2D eigenvalue weighted by atomic mass is 28.7. The molecule has 6 fully saturated rings. The molecule has 0 spiro atoms. The first kappa shape index (κ1) is 93.8. The second-order valence-corrected chi connectivity index (χ2v) is 86.3. The maximum atomic E-state index is 12.8. The van der Waals surface area contributed by atoms with Gasteiger partial charge in [0.2, 0.25) is 66.5 Å². The van der Waals surface area contributed by atoms with Gasteiger partial charge in [-0.2, -0.15) is 0 Å². The molecule has 6 aliphatic rings. The van der Waals surface area contributed by atoms with Crippen molar-refractivity contribution in [3.05, 3.63) is 239 Å². The predicted molar refractivity (Wildman–Crippen MR) is 472 cm³/mol. The zero-order valence-electron chi connectivity index (χ0n) is 69.5. The summed E-state index contributed by atoms with van der Waals surface area (Å²) in [6.07, 6.45) is 0. The Kier molecular flexibility index (Phi) is 25.2. The van der Waals surface area contributed by atoms with Gasteiger partial charge in [-0.3, -0.25) is 0 Å². The van der Waals surface area contributed by atoms with E-state index in [4.69, 9.17) is 82.3 Å². The van der Waals surface area contributed by atoms with Crippen LogP contribution in [0, 0.1) is 0 Å².